The van der Waals surface area contributed by atoms with Gasteiger partial charge < -0.3 is 14.9 Å². The number of hydrogen-bond donors (Lipinski definition) is 1. The van der Waals surface area contributed by atoms with Crippen LogP contribution < -0.4 is 0 Å². The van der Waals surface area contributed by atoms with Crippen LogP contribution in [0.2, 0.25) is 0 Å². The minimum absolute atomic E-state index is 0.138. The number of rotatable bonds is 3. The predicted octanol–water partition coefficient (Wildman–Crippen LogP) is 2.06. The third kappa shape index (κ3) is 3.04. The van der Waals surface area contributed by atoms with Gasteiger partial charge in [-0.1, -0.05) is 36.0 Å². The first-order chi connectivity index (χ1) is 12.1. The Labute approximate surface area is 150 Å². The van der Waals surface area contributed by atoms with Crippen LogP contribution in [0.1, 0.15) is 24.0 Å². The van der Waals surface area contributed by atoms with Crippen molar-refractivity contribution in [2.75, 3.05) is 13.1 Å². The van der Waals surface area contributed by atoms with Gasteiger partial charge in [-0.15, -0.1) is 0 Å². The number of aliphatic carboxylic acids is 1. The highest BCUT2D eigenvalue weighted by molar-refractivity contribution is 8.16. The second kappa shape index (κ2) is 6.55. The second-order valence-electron chi connectivity index (χ2n) is 6.42. The SMILES string of the molecule is O=C(O)C1Cc2ccccc2CN1C(=O)CC1=CSC2=NCCCN12. The Kier molecular flexibility index (Phi) is 4.25. The van der Waals surface area contributed by atoms with Crippen molar-refractivity contribution in [2.45, 2.75) is 31.8 Å². The van der Waals surface area contributed by atoms with Crippen molar-refractivity contribution in [3.05, 3.63) is 46.5 Å². The molecule has 0 fully saturated rings. The number of carbonyl (C=O) groups excluding carboxylic acids is 1. The lowest BCUT2D eigenvalue weighted by Gasteiger charge is -2.35. The van der Waals surface area contributed by atoms with Gasteiger partial charge in [0.25, 0.3) is 0 Å². The quantitative estimate of drug-likeness (QED) is 0.896. The summed E-state index contributed by atoms with van der Waals surface area (Å²) in [7, 11) is 0. The lowest BCUT2D eigenvalue weighted by Crippen LogP contribution is -2.49. The molecule has 0 radical (unpaired) electrons. The molecule has 1 aromatic rings. The first kappa shape index (κ1) is 16.2. The number of carboxylic acid groups (broad SMARTS) is 1. The molecule has 1 aromatic carbocycles. The van der Waals surface area contributed by atoms with E-state index in [2.05, 4.69) is 9.89 Å². The molecule has 1 atom stereocenters. The van der Waals surface area contributed by atoms with E-state index in [1.165, 1.54) is 4.90 Å². The number of carboxylic acids is 1. The van der Waals surface area contributed by atoms with Crippen LogP contribution in [0.4, 0.5) is 0 Å². The van der Waals surface area contributed by atoms with E-state index in [0.717, 1.165) is 41.5 Å². The fourth-order valence-electron chi connectivity index (χ4n) is 3.54. The van der Waals surface area contributed by atoms with E-state index in [-0.39, 0.29) is 12.3 Å². The van der Waals surface area contributed by atoms with Crippen molar-refractivity contribution in [3.63, 3.8) is 0 Å². The number of thioether (sulfide) groups is 1. The fourth-order valence-corrected chi connectivity index (χ4v) is 4.49. The number of nitrogens with zero attached hydrogens (tertiary/aromatic N) is 3. The molecule has 3 aliphatic rings. The molecule has 0 spiro atoms. The van der Waals surface area contributed by atoms with Crippen molar-refractivity contribution in [2.24, 2.45) is 4.99 Å². The molecule has 0 saturated heterocycles. The average molecular weight is 357 g/mol. The van der Waals surface area contributed by atoms with Crippen LogP contribution in [0.25, 0.3) is 0 Å². The van der Waals surface area contributed by atoms with Gasteiger partial charge in [-0.25, -0.2) is 4.79 Å². The Morgan fingerprint density at radius 1 is 1.28 bits per heavy atom. The number of fused-ring (bicyclic) bond motifs is 2. The Morgan fingerprint density at radius 2 is 2.08 bits per heavy atom. The molecular formula is C18H19N3O3S. The van der Waals surface area contributed by atoms with E-state index < -0.39 is 12.0 Å². The van der Waals surface area contributed by atoms with Gasteiger partial charge in [-0.2, -0.15) is 0 Å². The molecule has 4 rings (SSSR count). The third-order valence-corrected chi connectivity index (χ3v) is 5.80. The standard InChI is InChI=1S/C18H19N3O3S/c22-16(9-14-11-25-18-19-6-3-7-20(14)18)21-10-13-5-2-1-4-12(13)8-15(21)17(23)24/h1-2,4-5,11,15H,3,6-10H2,(H,23,24). The van der Waals surface area contributed by atoms with Gasteiger partial charge in [0.15, 0.2) is 5.17 Å². The van der Waals surface area contributed by atoms with Gasteiger partial charge in [0.2, 0.25) is 5.91 Å². The number of hydrogen-bond acceptors (Lipinski definition) is 5. The van der Waals surface area contributed by atoms with Crippen LogP contribution >= 0.6 is 11.8 Å². The molecule has 0 aliphatic carbocycles. The minimum Gasteiger partial charge on any atom is -0.480 e. The Hall–Kier alpha value is -2.28. The van der Waals surface area contributed by atoms with Crippen molar-refractivity contribution in [1.82, 2.24) is 9.80 Å². The maximum Gasteiger partial charge on any atom is 0.326 e. The Bertz CT molecular complexity index is 790. The van der Waals surface area contributed by atoms with Crippen LogP contribution in [-0.4, -0.2) is 51.1 Å². The molecule has 1 unspecified atom stereocenters. The average Bonchev–Trinajstić information content (AvgIpc) is 3.03. The zero-order valence-electron chi connectivity index (χ0n) is 13.7. The van der Waals surface area contributed by atoms with Crippen LogP contribution in [-0.2, 0) is 22.6 Å². The maximum absolute atomic E-state index is 12.9. The van der Waals surface area contributed by atoms with E-state index in [1.54, 1.807) is 11.8 Å². The minimum atomic E-state index is -0.946. The van der Waals surface area contributed by atoms with E-state index >= 15 is 0 Å². The van der Waals surface area contributed by atoms with Gasteiger partial charge in [0, 0.05) is 31.8 Å². The Balaban J connectivity index is 1.53. The van der Waals surface area contributed by atoms with Gasteiger partial charge in [0.1, 0.15) is 6.04 Å². The molecule has 3 aliphatic heterocycles. The maximum atomic E-state index is 12.9. The van der Waals surface area contributed by atoms with E-state index in [4.69, 9.17) is 0 Å². The zero-order valence-corrected chi connectivity index (χ0v) is 14.5. The highest BCUT2D eigenvalue weighted by Gasteiger charge is 2.36. The van der Waals surface area contributed by atoms with Gasteiger partial charge in [-0.05, 0) is 23.0 Å². The second-order valence-corrected chi connectivity index (χ2v) is 7.26. The lowest BCUT2D eigenvalue weighted by molar-refractivity contribution is -0.151. The zero-order chi connectivity index (χ0) is 17.4. The molecular weight excluding hydrogens is 338 g/mol. The smallest absolute Gasteiger partial charge is 0.326 e. The lowest BCUT2D eigenvalue weighted by atomic mass is 9.93. The highest BCUT2D eigenvalue weighted by atomic mass is 32.2. The van der Waals surface area contributed by atoms with Crippen LogP contribution in [0.3, 0.4) is 0 Å². The third-order valence-electron chi connectivity index (χ3n) is 4.85. The molecule has 6 nitrogen and oxygen atoms in total. The molecule has 3 heterocycles. The highest BCUT2D eigenvalue weighted by Crippen LogP contribution is 2.32. The molecule has 0 bridgehead atoms. The summed E-state index contributed by atoms with van der Waals surface area (Å²) >= 11 is 1.55. The van der Waals surface area contributed by atoms with Crippen molar-refractivity contribution >= 4 is 28.8 Å². The summed E-state index contributed by atoms with van der Waals surface area (Å²) in [5.41, 5.74) is 2.97. The summed E-state index contributed by atoms with van der Waals surface area (Å²) in [6.45, 7) is 2.06. The number of benzene rings is 1. The fraction of sp³-hybridized carbons (Fsp3) is 0.389. The van der Waals surface area contributed by atoms with E-state index in [1.807, 2.05) is 29.7 Å². The largest absolute Gasteiger partial charge is 0.480 e. The van der Waals surface area contributed by atoms with E-state index in [9.17, 15) is 14.7 Å². The van der Waals surface area contributed by atoms with Crippen molar-refractivity contribution in [3.8, 4) is 0 Å². The normalized spacial score (nSPS) is 22.0. The van der Waals surface area contributed by atoms with Gasteiger partial charge in [-0.3, -0.25) is 9.79 Å². The van der Waals surface area contributed by atoms with Crippen LogP contribution in [0, 0.1) is 0 Å². The van der Waals surface area contributed by atoms with E-state index in [0.29, 0.717) is 13.0 Å². The topological polar surface area (TPSA) is 73.2 Å². The summed E-state index contributed by atoms with van der Waals surface area (Å²) in [6.07, 6.45) is 1.56. The molecule has 130 valence electrons. The summed E-state index contributed by atoms with van der Waals surface area (Å²) in [4.78, 5) is 32.7. The Morgan fingerprint density at radius 3 is 2.88 bits per heavy atom. The molecule has 1 N–H and O–H groups in total. The van der Waals surface area contributed by atoms with Crippen molar-refractivity contribution < 1.29 is 14.7 Å². The molecule has 7 heteroatoms. The summed E-state index contributed by atoms with van der Waals surface area (Å²) in [5.74, 6) is -1.08. The monoisotopic (exact) mass is 357 g/mol. The van der Waals surface area contributed by atoms with Crippen molar-refractivity contribution in [1.29, 1.82) is 0 Å². The van der Waals surface area contributed by atoms with Gasteiger partial charge in [0.05, 0.1) is 6.42 Å². The molecule has 1 amide bonds. The molecule has 0 saturated carbocycles. The molecule has 25 heavy (non-hydrogen) atoms. The summed E-state index contributed by atoms with van der Waals surface area (Å²) in [6, 6.07) is 6.95. The number of amides is 1. The van der Waals surface area contributed by atoms with Crippen LogP contribution in [0.5, 0.6) is 0 Å². The van der Waals surface area contributed by atoms with Crippen LogP contribution in [0.15, 0.2) is 40.4 Å². The number of carbonyl (C=O) groups is 2. The summed E-state index contributed by atoms with van der Waals surface area (Å²) < 4.78 is 0. The van der Waals surface area contributed by atoms with Gasteiger partial charge >= 0.3 is 5.97 Å². The summed E-state index contributed by atoms with van der Waals surface area (Å²) in [5, 5.41) is 12.5. The molecule has 0 aromatic heterocycles. The first-order valence-corrected chi connectivity index (χ1v) is 9.28. The number of aliphatic imine (C=N–C) groups is 1. The predicted molar refractivity (Wildman–Crippen MR) is 96.0 cm³/mol. The number of amidine groups is 1. The first-order valence-electron chi connectivity index (χ1n) is 8.40.